The van der Waals surface area contributed by atoms with Crippen LogP contribution in [0, 0.1) is 0 Å². The van der Waals surface area contributed by atoms with Crippen molar-refractivity contribution >= 4 is 18.0 Å². The van der Waals surface area contributed by atoms with E-state index in [1.54, 1.807) is 30.3 Å². The highest BCUT2D eigenvalue weighted by Gasteiger charge is 2.07. The Hall–Kier alpha value is -3.28. The van der Waals surface area contributed by atoms with Gasteiger partial charge in [0.2, 0.25) is 0 Å². The van der Waals surface area contributed by atoms with E-state index in [-0.39, 0.29) is 12.2 Å². The molecule has 2 aromatic rings. The minimum atomic E-state index is -1.03. The molecule has 0 aliphatic carbocycles. The Morgan fingerprint density at radius 1 is 1.12 bits per heavy atom. The van der Waals surface area contributed by atoms with Crippen LogP contribution < -0.4 is 9.47 Å². The highest BCUT2D eigenvalue weighted by molar-refractivity contribution is 5.88. The summed E-state index contributed by atoms with van der Waals surface area (Å²) in [4.78, 5) is 21.6. The summed E-state index contributed by atoms with van der Waals surface area (Å²) in [7, 11) is 1.52. The Balaban J connectivity index is 2.18. The van der Waals surface area contributed by atoms with Crippen molar-refractivity contribution in [2.45, 2.75) is 6.61 Å². The maximum atomic E-state index is 11.0. The van der Waals surface area contributed by atoms with Gasteiger partial charge >= 0.3 is 11.9 Å². The van der Waals surface area contributed by atoms with Gasteiger partial charge in [-0.25, -0.2) is 9.59 Å². The summed E-state index contributed by atoms with van der Waals surface area (Å²) >= 11 is 0. The topological polar surface area (TPSA) is 93.1 Å². The molecule has 24 heavy (non-hydrogen) atoms. The summed E-state index contributed by atoms with van der Waals surface area (Å²) in [6.07, 6.45) is 2.51. The Labute approximate surface area is 138 Å². The summed E-state index contributed by atoms with van der Waals surface area (Å²) in [6.45, 7) is 0.154. The molecular weight excluding hydrogens is 312 g/mol. The molecule has 0 unspecified atom stereocenters. The highest BCUT2D eigenvalue weighted by Crippen LogP contribution is 2.23. The number of carboxylic acids is 2. The van der Waals surface area contributed by atoms with Gasteiger partial charge in [-0.1, -0.05) is 12.1 Å². The van der Waals surface area contributed by atoms with E-state index in [4.69, 9.17) is 19.7 Å². The number of hydrogen-bond donors (Lipinski definition) is 2. The second kappa shape index (κ2) is 7.82. The van der Waals surface area contributed by atoms with E-state index in [2.05, 4.69) is 0 Å². The highest BCUT2D eigenvalue weighted by atomic mass is 16.5. The fourth-order valence-corrected chi connectivity index (χ4v) is 2.06. The van der Waals surface area contributed by atoms with E-state index in [0.29, 0.717) is 22.6 Å². The molecule has 2 rings (SSSR count). The minimum absolute atomic E-state index is 0.137. The molecule has 0 spiro atoms. The fourth-order valence-electron chi connectivity index (χ4n) is 2.06. The van der Waals surface area contributed by atoms with Crippen molar-refractivity contribution < 1.29 is 29.3 Å². The van der Waals surface area contributed by atoms with Crippen LogP contribution in [0.25, 0.3) is 6.08 Å². The molecular formula is C18H16O6. The summed E-state index contributed by atoms with van der Waals surface area (Å²) in [5.74, 6) is -1.05. The van der Waals surface area contributed by atoms with Crippen molar-refractivity contribution in [2.75, 3.05) is 7.11 Å². The lowest BCUT2D eigenvalue weighted by Crippen LogP contribution is -2.01. The number of rotatable bonds is 7. The van der Waals surface area contributed by atoms with Crippen molar-refractivity contribution in [2.24, 2.45) is 0 Å². The molecule has 0 aliphatic rings. The molecule has 0 aromatic heterocycles. The smallest absolute Gasteiger partial charge is 0.335 e. The second-order valence-electron chi connectivity index (χ2n) is 4.86. The third kappa shape index (κ3) is 4.61. The Morgan fingerprint density at radius 2 is 1.92 bits per heavy atom. The maximum Gasteiger partial charge on any atom is 0.335 e. The molecule has 0 atom stereocenters. The normalized spacial score (nSPS) is 10.5. The van der Waals surface area contributed by atoms with E-state index >= 15 is 0 Å². The lowest BCUT2D eigenvalue weighted by molar-refractivity contribution is -0.131. The zero-order chi connectivity index (χ0) is 17.5. The molecule has 0 aliphatic heterocycles. The quantitative estimate of drug-likeness (QED) is 0.759. The number of aromatic carboxylic acids is 1. The first-order valence-corrected chi connectivity index (χ1v) is 7.03. The lowest BCUT2D eigenvalue weighted by atomic mass is 10.1. The summed E-state index contributed by atoms with van der Waals surface area (Å²) in [5, 5.41) is 17.7. The molecule has 0 saturated carbocycles. The van der Waals surface area contributed by atoms with Crippen LogP contribution in [0.5, 0.6) is 11.5 Å². The molecule has 0 radical (unpaired) electrons. The first-order valence-electron chi connectivity index (χ1n) is 7.03. The third-order valence-electron chi connectivity index (χ3n) is 3.20. The largest absolute Gasteiger partial charge is 0.496 e. The number of benzene rings is 2. The van der Waals surface area contributed by atoms with Crippen molar-refractivity contribution in [3.05, 3.63) is 65.2 Å². The number of carboxylic acid groups (broad SMARTS) is 2. The number of methoxy groups -OCH3 is 1. The van der Waals surface area contributed by atoms with Crippen LogP contribution in [0.15, 0.2) is 48.5 Å². The van der Waals surface area contributed by atoms with E-state index in [0.717, 1.165) is 6.08 Å². The SMILES string of the molecule is COc1ccc(C=CC(=O)O)cc1COc1cccc(C(=O)O)c1. The van der Waals surface area contributed by atoms with Crippen LogP contribution in [0.2, 0.25) is 0 Å². The van der Waals surface area contributed by atoms with E-state index in [9.17, 15) is 9.59 Å². The molecule has 0 fully saturated rings. The van der Waals surface area contributed by atoms with Gasteiger partial charge in [-0.05, 0) is 42.0 Å². The van der Waals surface area contributed by atoms with Crippen molar-refractivity contribution in [1.82, 2.24) is 0 Å². The molecule has 0 amide bonds. The average molecular weight is 328 g/mol. The molecule has 0 saturated heterocycles. The van der Waals surface area contributed by atoms with Crippen LogP contribution in [-0.4, -0.2) is 29.3 Å². The predicted molar refractivity (Wildman–Crippen MR) is 87.4 cm³/mol. The van der Waals surface area contributed by atoms with E-state index in [1.165, 1.54) is 25.3 Å². The number of aliphatic carboxylic acids is 1. The van der Waals surface area contributed by atoms with Gasteiger partial charge in [-0.15, -0.1) is 0 Å². The monoisotopic (exact) mass is 328 g/mol. The van der Waals surface area contributed by atoms with Crippen LogP contribution in [0.4, 0.5) is 0 Å². The maximum absolute atomic E-state index is 11.0. The Bertz CT molecular complexity index is 779. The molecule has 6 heteroatoms. The summed E-state index contributed by atoms with van der Waals surface area (Å²) < 4.78 is 10.9. The van der Waals surface area contributed by atoms with Crippen LogP contribution in [-0.2, 0) is 11.4 Å². The second-order valence-corrected chi connectivity index (χ2v) is 4.86. The van der Waals surface area contributed by atoms with Crippen molar-refractivity contribution in [3.63, 3.8) is 0 Å². The molecule has 2 aromatic carbocycles. The van der Waals surface area contributed by atoms with Crippen LogP contribution in [0.3, 0.4) is 0 Å². The average Bonchev–Trinajstić information content (AvgIpc) is 2.58. The number of carbonyl (C=O) groups is 2. The van der Waals surface area contributed by atoms with Gasteiger partial charge in [-0.2, -0.15) is 0 Å². The summed E-state index contributed by atoms with van der Waals surface area (Å²) in [6, 6.07) is 11.4. The Kier molecular flexibility index (Phi) is 5.57. The van der Waals surface area contributed by atoms with Crippen LogP contribution >= 0.6 is 0 Å². The standard InChI is InChI=1S/C18H16O6/c1-23-16-7-5-12(6-8-17(19)20)9-14(16)11-24-15-4-2-3-13(10-15)18(21)22/h2-10H,11H2,1H3,(H,19,20)(H,21,22). The van der Waals surface area contributed by atoms with Gasteiger partial charge in [0.05, 0.1) is 12.7 Å². The first kappa shape index (κ1) is 17.1. The molecule has 6 nitrogen and oxygen atoms in total. The number of hydrogen-bond acceptors (Lipinski definition) is 4. The molecule has 124 valence electrons. The van der Waals surface area contributed by atoms with Gasteiger partial charge in [0.1, 0.15) is 18.1 Å². The zero-order valence-corrected chi connectivity index (χ0v) is 12.9. The van der Waals surface area contributed by atoms with E-state index in [1.807, 2.05) is 0 Å². The van der Waals surface area contributed by atoms with Gasteiger partial charge < -0.3 is 19.7 Å². The van der Waals surface area contributed by atoms with Gasteiger partial charge in [0.25, 0.3) is 0 Å². The Morgan fingerprint density at radius 3 is 2.58 bits per heavy atom. The molecule has 0 heterocycles. The van der Waals surface area contributed by atoms with Crippen LogP contribution in [0.1, 0.15) is 21.5 Å². The van der Waals surface area contributed by atoms with E-state index < -0.39 is 11.9 Å². The first-order chi connectivity index (χ1) is 11.5. The molecule has 2 N–H and O–H groups in total. The van der Waals surface area contributed by atoms with Crippen molar-refractivity contribution in [3.8, 4) is 11.5 Å². The van der Waals surface area contributed by atoms with Gasteiger partial charge in [0.15, 0.2) is 0 Å². The lowest BCUT2D eigenvalue weighted by Gasteiger charge is -2.11. The fraction of sp³-hybridized carbons (Fsp3) is 0.111. The van der Waals surface area contributed by atoms with Crippen molar-refractivity contribution in [1.29, 1.82) is 0 Å². The summed E-state index contributed by atoms with van der Waals surface area (Å²) in [5.41, 5.74) is 1.54. The van der Waals surface area contributed by atoms with Gasteiger partial charge in [0, 0.05) is 11.6 Å². The number of ether oxygens (including phenoxy) is 2. The minimum Gasteiger partial charge on any atom is -0.496 e. The predicted octanol–water partition coefficient (Wildman–Crippen LogP) is 3.07. The zero-order valence-electron chi connectivity index (χ0n) is 12.9. The third-order valence-corrected chi connectivity index (χ3v) is 3.20. The molecule has 0 bridgehead atoms. The van der Waals surface area contributed by atoms with Gasteiger partial charge in [-0.3, -0.25) is 0 Å².